The van der Waals surface area contributed by atoms with Crippen molar-refractivity contribution in [1.29, 1.82) is 0 Å². The quantitative estimate of drug-likeness (QED) is 0.806. The number of hydrogen-bond donors (Lipinski definition) is 0. The Morgan fingerprint density at radius 1 is 1.17 bits per heavy atom. The maximum absolute atomic E-state index is 12.4. The van der Waals surface area contributed by atoms with E-state index in [2.05, 4.69) is 23.1 Å². The lowest BCUT2D eigenvalue weighted by Crippen LogP contribution is -2.36. The number of aryl methyl sites for hydroxylation is 1. The molecule has 0 aliphatic carbocycles. The van der Waals surface area contributed by atoms with E-state index in [9.17, 15) is 8.42 Å². The molecule has 0 amide bonds. The summed E-state index contributed by atoms with van der Waals surface area (Å²) in [4.78, 5) is 2.69. The minimum atomic E-state index is -3.18. The largest absolute Gasteiger partial charge is 0.302 e. The Morgan fingerprint density at radius 2 is 1.88 bits per heavy atom. The zero-order valence-electron chi connectivity index (χ0n) is 14.1. The van der Waals surface area contributed by atoms with Crippen molar-refractivity contribution < 1.29 is 8.42 Å². The van der Waals surface area contributed by atoms with E-state index >= 15 is 0 Å². The molecule has 0 bridgehead atoms. The Labute approximate surface area is 144 Å². The molecule has 1 aromatic heterocycles. The Morgan fingerprint density at radius 3 is 2.50 bits per heavy atom. The Bertz CT molecular complexity index is 748. The first-order valence-corrected chi connectivity index (χ1v) is 10.3. The summed E-state index contributed by atoms with van der Waals surface area (Å²) in [7, 11) is -3.18. The van der Waals surface area contributed by atoms with Gasteiger partial charge < -0.3 is 4.90 Å². The molecule has 1 aliphatic rings. The third-order valence-corrected chi connectivity index (χ3v) is 6.53. The van der Waals surface area contributed by atoms with E-state index < -0.39 is 9.84 Å². The molecule has 0 unspecified atom stereocenters. The topological polar surface area (TPSA) is 55.2 Å². The Hall–Kier alpha value is -1.66. The minimum Gasteiger partial charge on any atom is -0.302 e. The van der Waals surface area contributed by atoms with E-state index in [0.717, 1.165) is 32.5 Å². The normalized spacial score (nSPS) is 17.2. The summed E-state index contributed by atoms with van der Waals surface area (Å²) in [5.74, 6) is 0.738. The van der Waals surface area contributed by atoms with Gasteiger partial charge in [-0.15, -0.1) is 0 Å². The van der Waals surface area contributed by atoms with Crippen molar-refractivity contribution in [1.82, 2.24) is 14.7 Å². The van der Waals surface area contributed by atoms with Crippen molar-refractivity contribution in [2.45, 2.75) is 37.1 Å². The summed E-state index contributed by atoms with van der Waals surface area (Å²) in [6.07, 6.45) is 6.26. The smallest absolute Gasteiger partial charge is 0.179 e. The molecule has 6 heteroatoms. The van der Waals surface area contributed by atoms with Gasteiger partial charge in [-0.3, -0.25) is 4.68 Å². The van der Waals surface area contributed by atoms with Crippen LogP contribution in [0.5, 0.6) is 0 Å². The molecule has 1 aromatic carbocycles. The number of rotatable bonds is 6. The maximum Gasteiger partial charge on any atom is 0.179 e. The average molecular weight is 347 g/mol. The standard InChI is InChI=1S/C18H25N3O2S/c1-2-21-15-17(14-19-21)16-8-10-20(11-9-16)12-13-24(22,23)18-6-4-3-5-7-18/h3-7,14-16H,2,8-13H2,1H3. The van der Waals surface area contributed by atoms with Gasteiger partial charge in [-0.2, -0.15) is 5.10 Å². The fourth-order valence-electron chi connectivity index (χ4n) is 3.25. The van der Waals surface area contributed by atoms with Crippen LogP contribution in [-0.2, 0) is 16.4 Å². The van der Waals surface area contributed by atoms with Gasteiger partial charge in [0.2, 0.25) is 0 Å². The molecule has 0 N–H and O–H groups in total. The molecule has 5 nitrogen and oxygen atoms in total. The summed E-state index contributed by atoms with van der Waals surface area (Å²) in [5, 5.41) is 4.35. The SMILES string of the molecule is CCn1cc(C2CCN(CCS(=O)(=O)c3ccccc3)CC2)cn1. The molecule has 1 fully saturated rings. The predicted molar refractivity (Wildman–Crippen MR) is 94.8 cm³/mol. The van der Waals surface area contributed by atoms with Crippen molar-refractivity contribution in [2.75, 3.05) is 25.4 Å². The van der Waals surface area contributed by atoms with Crippen LogP contribution in [0, 0.1) is 0 Å². The van der Waals surface area contributed by atoms with Gasteiger partial charge in [0.25, 0.3) is 0 Å². The molecule has 3 rings (SSSR count). The van der Waals surface area contributed by atoms with Crippen LogP contribution in [0.4, 0.5) is 0 Å². The highest BCUT2D eigenvalue weighted by Crippen LogP contribution is 2.27. The highest BCUT2D eigenvalue weighted by molar-refractivity contribution is 7.91. The summed E-state index contributed by atoms with van der Waals surface area (Å²) in [6, 6.07) is 8.73. The number of nitrogens with zero attached hydrogens (tertiary/aromatic N) is 3. The first-order chi connectivity index (χ1) is 11.6. The number of piperidine rings is 1. The number of aromatic nitrogens is 2. The van der Waals surface area contributed by atoms with Crippen LogP contribution in [0.15, 0.2) is 47.6 Å². The van der Waals surface area contributed by atoms with E-state index in [1.54, 1.807) is 24.3 Å². The molecule has 1 saturated heterocycles. The molecule has 0 atom stereocenters. The second-order valence-electron chi connectivity index (χ2n) is 6.38. The zero-order chi connectivity index (χ0) is 17.0. The number of likely N-dealkylation sites (tertiary alicyclic amines) is 1. The molecular formula is C18H25N3O2S. The minimum absolute atomic E-state index is 0.190. The van der Waals surface area contributed by atoms with Gasteiger partial charge in [0.15, 0.2) is 9.84 Å². The molecule has 2 aromatic rings. The fourth-order valence-corrected chi connectivity index (χ4v) is 4.55. The number of sulfone groups is 1. The van der Waals surface area contributed by atoms with E-state index in [1.165, 1.54) is 5.56 Å². The van der Waals surface area contributed by atoms with Gasteiger partial charge in [-0.05, 0) is 56.5 Å². The first kappa shape index (κ1) is 17.2. The van der Waals surface area contributed by atoms with Gasteiger partial charge in [0.1, 0.15) is 0 Å². The van der Waals surface area contributed by atoms with E-state index in [1.807, 2.05) is 16.9 Å². The molecule has 2 heterocycles. The molecule has 0 spiro atoms. The lowest BCUT2D eigenvalue weighted by molar-refractivity contribution is 0.223. The second-order valence-corrected chi connectivity index (χ2v) is 8.49. The molecule has 0 saturated carbocycles. The van der Waals surface area contributed by atoms with Gasteiger partial charge >= 0.3 is 0 Å². The van der Waals surface area contributed by atoms with Crippen LogP contribution < -0.4 is 0 Å². The lowest BCUT2D eigenvalue weighted by Gasteiger charge is -2.31. The van der Waals surface area contributed by atoms with Gasteiger partial charge in [-0.25, -0.2) is 8.42 Å². The van der Waals surface area contributed by atoms with Crippen molar-refractivity contribution in [3.63, 3.8) is 0 Å². The monoisotopic (exact) mass is 347 g/mol. The van der Waals surface area contributed by atoms with E-state index in [0.29, 0.717) is 17.4 Å². The molecule has 24 heavy (non-hydrogen) atoms. The Balaban J connectivity index is 1.50. The molecule has 130 valence electrons. The lowest BCUT2D eigenvalue weighted by atomic mass is 9.92. The second kappa shape index (κ2) is 7.49. The van der Waals surface area contributed by atoms with Crippen LogP contribution in [0.1, 0.15) is 31.2 Å². The van der Waals surface area contributed by atoms with Crippen molar-refractivity contribution in [2.24, 2.45) is 0 Å². The third kappa shape index (κ3) is 4.05. The Kier molecular flexibility index (Phi) is 5.36. The third-order valence-electron chi connectivity index (χ3n) is 4.81. The first-order valence-electron chi connectivity index (χ1n) is 8.61. The summed E-state index contributed by atoms with van der Waals surface area (Å²) >= 11 is 0. The van der Waals surface area contributed by atoms with Crippen LogP contribution >= 0.6 is 0 Å². The van der Waals surface area contributed by atoms with Crippen LogP contribution in [-0.4, -0.2) is 48.5 Å². The average Bonchev–Trinajstić information content (AvgIpc) is 3.10. The van der Waals surface area contributed by atoms with Gasteiger partial charge in [0, 0.05) is 19.3 Å². The predicted octanol–water partition coefficient (Wildman–Crippen LogP) is 2.56. The van der Waals surface area contributed by atoms with E-state index in [4.69, 9.17) is 0 Å². The fraction of sp³-hybridized carbons (Fsp3) is 0.500. The van der Waals surface area contributed by atoms with Gasteiger partial charge in [-0.1, -0.05) is 18.2 Å². The van der Waals surface area contributed by atoms with Crippen molar-refractivity contribution in [3.8, 4) is 0 Å². The zero-order valence-corrected chi connectivity index (χ0v) is 15.0. The molecular weight excluding hydrogens is 322 g/mol. The maximum atomic E-state index is 12.4. The van der Waals surface area contributed by atoms with Crippen LogP contribution in [0.25, 0.3) is 0 Å². The molecule has 1 aliphatic heterocycles. The summed E-state index contributed by atoms with van der Waals surface area (Å²) < 4.78 is 26.7. The number of hydrogen-bond acceptors (Lipinski definition) is 4. The van der Waals surface area contributed by atoms with E-state index in [-0.39, 0.29) is 5.75 Å². The van der Waals surface area contributed by atoms with Gasteiger partial charge in [0.05, 0.1) is 16.8 Å². The highest BCUT2D eigenvalue weighted by atomic mass is 32.2. The van der Waals surface area contributed by atoms with Crippen LogP contribution in [0.2, 0.25) is 0 Å². The van der Waals surface area contributed by atoms with Crippen molar-refractivity contribution in [3.05, 3.63) is 48.3 Å². The highest BCUT2D eigenvalue weighted by Gasteiger charge is 2.23. The summed E-state index contributed by atoms with van der Waals surface area (Å²) in [6.45, 7) is 5.50. The molecule has 0 radical (unpaired) electrons. The van der Waals surface area contributed by atoms with Crippen molar-refractivity contribution >= 4 is 9.84 Å². The number of benzene rings is 1. The summed E-state index contributed by atoms with van der Waals surface area (Å²) in [5.41, 5.74) is 1.31. The van der Waals surface area contributed by atoms with Crippen LogP contribution in [0.3, 0.4) is 0 Å².